The first-order valence-electron chi connectivity index (χ1n) is 5.88. The van der Waals surface area contributed by atoms with Gasteiger partial charge in [0.05, 0.1) is 11.2 Å². The van der Waals surface area contributed by atoms with Gasteiger partial charge in [0.15, 0.2) is 0 Å². The first-order valence-corrected chi connectivity index (χ1v) is 6.63. The number of rotatable bonds is 1. The van der Waals surface area contributed by atoms with E-state index in [0.29, 0.717) is 5.02 Å². The van der Waals surface area contributed by atoms with Crippen LogP contribution in [-0.2, 0) is 0 Å². The molecule has 0 saturated heterocycles. The molecule has 0 spiro atoms. The van der Waals surface area contributed by atoms with Crippen molar-refractivity contribution in [3.63, 3.8) is 0 Å². The summed E-state index contributed by atoms with van der Waals surface area (Å²) in [5.41, 5.74) is 3.76. The number of fused-ring (bicyclic) bond motifs is 1. The normalized spacial score (nSPS) is 10.9. The quantitative estimate of drug-likeness (QED) is 0.590. The zero-order valence-electron chi connectivity index (χ0n) is 10.2. The topological polar surface area (TPSA) is 12.9 Å². The SMILES string of the molecule is Cc1cc2[c]cc(-c3ccc(Cl)cc3)nc2cc1Cl. The van der Waals surface area contributed by atoms with Gasteiger partial charge in [0.2, 0.25) is 0 Å². The van der Waals surface area contributed by atoms with Crippen LogP contribution < -0.4 is 0 Å². The van der Waals surface area contributed by atoms with Gasteiger partial charge in [-0.05, 0) is 48.9 Å². The Hall–Kier alpha value is -1.57. The summed E-state index contributed by atoms with van der Waals surface area (Å²) >= 11 is 12.0. The highest BCUT2D eigenvalue weighted by atomic mass is 35.5. The van der Waals surface area contributed by atoms with Crippen molar-refractivity contribution < 1.29 is 0 Å². The first kappa shape index (κ1) is 12.5. The molecule has 3 heteroatoms. The summed E-state index contributed by atoms with van der Waals surface area (Å²) < 4.78 is 0. The lowest BCUT2D eigenvalue weighted by Crippen LogP contribution is -1.87. The summed E-state index contributed by atoms with van der Waals surface area (Å²) in [6, 6.07) is 16.6. The Bertz CT molecular complexity index is 749. The monoisotopic (exact) mass is 286 g/mol. The van der Waals surface area contributed by atoms with Crippen LogP contribution in [0.25, 0.3) is 22.2 Å². The Balaban J connectivity index is 2.16. The molecule has 1 radical (unpaired) electrons. The molecule has 1 nitrogen and oxygen atoms in total. The van der Waals surface area contributed by atoms with Crippen LogP contribution in [0, 0.1) is 13.0 Å². The fourth-order valence-electron chi connectivity index (χ4n) is 1.96. The molecular weight excluding hydrogens is 277 g/mol. The van der Waals surface area contributed by atoms with Crippen molar-refractivity contribution in [3.05, 3.63) is 64.1 Å². The molecule has 1 aromatic heterocycles. The van der Waals surface area contributed by atoms with E-state index in [0.717, 1.165) is 32.7 Å². The summed E-state index contributed by atoms with van der Waals surface area (Å²) in [6.07, 6.45) is 0. The summed E-state index contributed by atoms with van der Waals surface area (Å²) in [7, 11) is 0. The van der Waals surface area contributed by atoms with Gasteiger partial charge in [-0.3, -0.25) is 0 Å². The van der Waals surface area contributed by atoms with E-state index in [-0.39, 0.29) is 0 Å². The van der Waals surface area contributed by atoms with E-state index in [9.17, 15) is 0 Å². The van der Waals surface area contributed by atoms with Gasteiger partial charge in [0, 0.05) is 21.0 Å². The van der Waals surface area contributed by atoms with Crippen molar-refractivity contribution >= 4 is 34.1 Å². The van der Waals surface area contributed by atoms with Crippen molar-refractivity contribution in [2.45, 2.75) is 6.92 Å². The van der Waals surface area contributed by atoms with E-state index >= 15 is 0 Å². The predicted molar refractivity (Wildman–Crippen MR) is 80.8 cm³/mol. The largest absolute Gasteiger partial charge is 0.248 e. The lowest BCUT2D eigenvalue weighted by Gasteiger charge is -2.05. The van der Waals surface area contributed by atoms with Crippen LogP contribution >= 0.6 is 23.2 Å². The number of halogens is 2. The number of aryl methyl sites for hydroxylation is 1. The maximum Gasteiger partial charge on any atom is 0.0730 e. The molecule has 0 aliphatic carbocycles. The summed E-state index contributed by atoms with van der Waals surface area (Å²) in [6.45, 7) is 1.97. The first-order chi connectivity index (χ1) is 9.13. The van der Waals surface area contributed by atoms with Crippen LogP contribution in [0.5, 0.6) is 0 Å². The fourth-order valence-corrected chi connectivity index (χ4v) is 2.24. The molecule has 93 valence electrons. The molecule has 0 amide bonds. The third kappa shape index (κ3) is 2.44. The zero-order chi connectivity index (χ0) is 13.4. The molecular formula is C16H10Cl2N. The van der Waals surface area contributed by atoms with Gasteiger partial charge >= 0.3 is 0 Å². The molecule has 0 saturated carbocycles. The Morgan fingerprint density at radius 2 is 1.79 bits per heavy atom. The highest BCUT2D eigenvalue weighted by Gasteiger charge is 2.04. The summed E-state index contributed by atoms with van der Waals surface area (Å²) in [5.74, 6) is 0. The van der Waals surface area contributed by atoms with Gasteiger partial charge in [-0.25, -0.2) is 4.98 Å². The van der Waals surface area contributed by atoms with Crippen LogP contribution in [0.4, 0.5) is 0 Å². The molecule has 0 N–H and O–H groups in total. The standard InChI is InChI=1S/C16H10Cl2N/c1-10-8-12-4-7-15(19-16(12)9-14(10)18)11-2-5-13(17)6-3-11/h2-3,5-9H,1H3. The summed E-state index contributed by atoms with van der Waals surface area (Å²) in [4.78, 5) is 4.62. The van der Waals surface area contributed by atoms with Gasteiger partial charge < -0.3 is 0 Å². The van der Waals surface area contributed by atoms with Crippen molar-refractivity contribution in [3.8, 4) is 11.3 Å². The van der Waals surface area contributed by atoms with Crippen molar-refractivity contribution in [2.24, 2.45) is 0 Å². The lowest BCUT2D eigenvalue weighted by molar-refractivity contribution is 1.38. The molecule has 0 atom stereocenters. The van der Waals surface area contributed by atoms with Crippen molar-refractivity contribution in [2.75, 3.05) is 0 Å². The number of benzene rings is 2. The average Bonchev–Trinajstić information content (AvgIpc) is 2.40. The highest BCUT2D eigenvalue weighted by molar-refractivity contribution is 6.32. The van der Waals surface area contributed by atoms with Crippen LogP contribution in [0.2, 0.25) is 10.0 Å². The Morgan fingerprint density at radius 3 is 2.53 bits per heavy atom. The second-order valence-corrected chi connectivity index (χ2v) is 5.25. The average molecular weight is 287 g/mol. The number of pyridine rings is 1. The minimum absolute atomic E-state index is 0.715. The Morgan fingerprint density at radius 1 is 1.05 bits per heavy atom. The number of hydrogen-bond donors (Lipinski definition) is 0. The minimum atomic E-state index is 0.715. The molecule has 3 aromatic rings. The maximum absolute atomic E-state index is 6.14. The van der Waals surface area contributed by atoms with Gasteiger partial charge in [0.25, 0.3) is 0 Å². The molecule has 3 rings (SSSR count). The van der Waals surface area contributed by atoms with E-state index in [4.69, 9.17) is 23.2 Å². The molecule has 0 aliphatic heterocycles. The van der Waals surface area contributed by atoms with Gasteiger partial charge in [-0.15, -0.1) is 0 Å². The third-order valence-corrected chi connectivity index (χ3v) is 3.68. The van der Waals surface area contributed by atoms with Crippen LogP contribution in [0.15, 0.2) is 42.5 Å². The van der Waals surface area contributed by atoms with E-state index < -0.39 is 0 Å². The predicted octanol–water partition coefficient (Wildman–Crippen LogP) is 5.32. The number of aromatic nitrogens is 1. The van der Waals surface area contributed by atoms with Crippen molar-refractivity contribution in [1.82, 2.24) is 4.98 Å². The number of hydrogen-bond acceptors (Lipinski definition) is 1. The second kappa shape index (κ2) is 4.84. The second-order valence-electron chi connectivity index (χ2n) is 4.41. The van der Waals surface area contributed by atoms with E-state index in [1.54, 1.807) is 0 Å². The van der Waals surface area contributed by atoms with Crippen molar-refractivity contribution in [1.29, 1.82) is 0 Å². The third-order valence-electron chi connectivity index (χ3n) is 3.02. The van der Waals surface area contributed by atoms with Crippen LogP contribution in [0.3, 0.4) is 0 Å². The summed E-state index contributed by atoms with van der Waals surface area (Å²) in [5, 5.41) is 2.41. The van der Waals surface area contributed by atoms with Gasteiger partial charge in [0.1, 0.15) is 0 Å². The maximum atomic E-state index is 6.14. The molecule has 0 aliphatic rings. The van der Waals surface area contributed by atoms with E-state index in [1.807, 2.05) is 49.4 Å². The molecule has 1 heterocycles. The van der Waals surface area contributed by atoms with Crippen LogP contribution in [-0.4, -0.2) is 4.98 Å². The zero-order valence-corrected chi connectivity index (χ0v) is 11.8. The molecule has 0 unspecified atom stereocenters. The fraction of sp³-hybridized carbons (Fsp3) is 0.0625. The Labute approximate surface area is 121 Å². The molecule has 0 bridgehead atoms. The Kier molecular flexibility index (Phi) is 3.17. The van der Waals surface area contributed by atoms with E-state index in [2.05, 4.69) is 11.1 Å². The smallest absolute Gasteiger partial charge is 0.0730 e. The number of nitrogens with zero attached hydrogens (tertiary/aromatic N) is 1. The molecule has 19 heavy (non-hydrogen) atoms. The van der Waals surface area contributed by atoms with Gasteiger partial charge in [-0.1, -0.05) is 35.3 Å². The van der Waals surface area contributed by atoms with Gasteiger partial charge in [-0.2, -0.15) is 0 Å². The van der Waals surface area contributed by atoms with E-state index in [1.165, 1.54) is 0 Å². The highest BCUT2D eigenvalue weighted by Crippen LogP contribution is 2.25. The molecule has 0 fully saturated rings. The lowest BCUT2D eigenvalue weighted by atomic mass is 10.1. The molecule has 2 aromatic carbocycles. The van der Waals surface area contributed by atoms with Crippen LogP contribution in [0.1, 0.15) is 5.56 Å². The minimum Gasteiger partial charge on any atom is -0.248 e.